The Kier molecular flexibility index (Phi) is 7.47. The van der Waals surface area contributed by atoms with Gasteiger partial charge in [-0.2, -0.15) is 5.26 Å². The maximum atomic E-state index is 8.70. The van der Waals surface area contributed by atoms with E-state index in [9.17, 15) is 0 Å². The summed E-state index contributed by atoms with van der Waals surface area (Å²) in [4.78, 5) is 12.6. The third-order valence-corrected chi connectivity index (χ3v) is 4.29. The predicted molar refractivity (Wildman–Crippen MR) is 112 cm³/mol. The van der Waals surface area contributed by atoms with Gasteiger partial charge in [0.05, 0.1) is 13.1 Å². The molecule has 0 radical (unpaired) electrons. The van der Waals surface area contributed by atoms with Gasteiger partial charge in [-0.15, -0.1) is 29.1 Å². The molecule has 1 aliphatic heterocycles. The van der Waals surface area contributed by atoms with E-state index in [1.807, 2.05) is 30.3 Å². The zero-order chi connectivity index (χ0) is 17.6. The molecule has 8 nitrogen and oxygen atoms in total. The highest BCUT2D eigenvalue weighted by atomic mass is 127. The van der Waals surface area contributed by atoms with E-state index >= 15 is 0 Å². The standard InChI is InChI=1S/C16H19ClN8.HI/c17-13-1-3-14(4-2-13)23-7-9-24(10-8-23)16(19)20-5-6-25-12-21-15(11-18)22-25;/h1-4,12H,5-10H2,(H2,19,20);1H. The second-order valence-electron chi connectivity index (χ2n) is 5.63. The molecule has 1 aromatic carbocycles. The molecule has 1 fully saturated rings. The molecule has 1 aliphatic rings. The molecule has 1 aromatic heterocycles. The van der Waals surface area contributed by atoms with Crippen LogP contribution in [0.2, 0.25) is 5.02 Å². The summed E-state index contributed by atoms with van der Waals surface area (Å²) in [6.07, 6.45) is 1.52. The molecule has 0 saturated carbocycles. The molecule has 0 amide bonds. The largest absolute Gasteiger partial charge is 0.370 e. The van der Waals surface area contributed by atoms with Crippen molar-refractivity contribution in [2.24, 2.45) is 10.7 Å². The van der Waals surface area contributed by atoms with Gasteiger partial charge in [-0.1, -0.05) is 11.6 Å². The molecule has 1 saturated heterocycles. The highest BCUT2D eigenvalue weighted by Gasteiger charge is 2.18. The van der Waals surface area contributed by atoms with E-state index in [4.69, 9.17) is 22.6 Å². The number of nitrogens with zero attached hydrogens (tertiary/aromatic N) is 7. The number of aliphatic imine (C=N–C) groups is 1. The van der Waals surface area contributed by atoms with Crippen LogP contribution >= 0.6 is 35.6 Å². The number of halogens is 2. The molecule has 0 unspecified atom stereocenters. The van der Waals surface area contributed by atoms with Crippen LogP contribution in [0.1, 0.15) is 5.82 Å². The van der Waals surface area contributed by atoms with Crippen molar-refractivity contribution in [2.45, 2.75) is 6.54 Å². The number of rotatable bonds is 4. The summed E-state index contributed by atoms with van der Waals surface area (Å²) in [7, 11) is 0. The average molecular weight is 487 g/mol. The van der Waals surface area contributed by atoms with Crippen LogP contribution in [-0.2, 0) is 6.54 Å². The van der Waals surface area contributed by atoms with Crippen molar-refractivity contribution in [1.82, 2.24) is 19.7 Å². The number of anilines is 1. The third-order valence-electron chi connectivity index (χ3n) is 4.03. The van der Waals surface area contributed by atoms with E-state index in [0.29, 0.717) is 19.0 Å². The average Bonchev–Trinajstić information content (AvgIpc) is 3.10. The van der Waals surface area contributed by atoms with Crippen LogP contribution in [0.25, 0.3) is 0 Å². The van der Waals surface area contributed by atoms with E-state index in [1.54, 1.807) is 4.68 Å². The normalized spacial score (nSPS) is 14.7. The van der Waals surface area contributed by atoms with Gasteiger partial charge in [0.25, 0.3) is 5.82 Å². The lowest BCUT2D eigenvalue weighted by Gasteiger charge is -2.36. The molecular weight excluding hydrogens is 467 g/mol. The van der Waals surface area contributed by atoms with Gasteiger partial charge in [0.15, 0.2) is 5.96 Å². The smallest absolute Gasteiger partial charge is 0.252 e. The van der Waals surface area contributed by atoms with Crippen LogP contribution < -0.4 is 10.6 Å². The number of aromatic nitrogens is 3. The Morgan fingerprint density at radius 1 is 1.23 bits per heavy atom. The Hall–Kier alpha value is -2.06. The Balaban J connectivity index is 0.00000243. The predicted octanol–water partition coefficient (Wildman–Crippen LogP) is 1.56. The summed E-state index contributed by atoms with van der Waals surface area (Å²) in [6, 6.07) is 9.76. The highest BCUT2D eigenvalue weighted by molar-refractivity contribution is 14.0. The van der Waals surface area contributed by atoms with Crippen molar-refractivity contribution < 1.29 is 0 Å². The number of nitrogens with two attached hydrogens (primary N) is 1. The van der Waals surface area contributed by atoms with Crippen LogP contribution in [0.3, 0.4) is 0 Å². The minimum absolute atomic E-state index is 0. The van der Waals surface area contributed by atoms with Crippen LogP contribution in [0, 0.1) is 11.3 Å². The van der Waals surface area contributed by atoms with Gasteiger partial charge >= 0.3 is 0 Å². The van der Waals surface area contributed by atoms with Gasteiger partial charge in [-0.3, -0.25) is 4.99 Å². The first-order chi connectivity index (χ1) is 12.2. The molecule has 26 heavy (non-hydrogen) atoms. The third kappa shape index (κ3) is 5.22. The van der Waals surface area contributed by atoms with Gasteiger partial charge in [-0.25, -0.2) is 9.67 Å². The Morgan fingerprint density at radius 3 is 2.54 bits per heavy atom. The molecular formula is C16H20ClIN8. The lowest BCUT2D eigenvalue weighted by atomic mass is 10.2. The fraction of sp³-hybridized carbons (Fsp3) is 0.375. The number of guanidine groups is 1. The number of hydrogen-bond donors (Lipinski definition) is 1. The van der Waals surface area contributed by atoms with Crippen LogP contribution in [0.5, 0.6) is 0 Å². The van der Waals surface area contributed by atoms with Gasteiger partial charge in [-0.05, 0) is 24.3 Å². The summed E-state index contributed by atoms with van der Waals surface area (Å²) in [5.41, 5.74) is 7.26. The van der Waals surface area contributed by atoms with Crippen LogP contribution in [-0.4, -0.2) is 58.3 Å². The number of benzene rings is 1. The van der Waals surface area contributed by atoms with E-state index in [-0.39, 0.29) is 29.8 Å². The highest BCUT2D eigenvalue weighted by Crippen LogP contribution is 2.19. The van der Waals surface area contributed by atoms with Crippen molar-refractivity contribution in [2.75, 3.05) is 37.6 Å². The first-order valence-electron chi connectivity index (χ1n) is 8.00. The summed E-state index contributed by atoms with van der Waals surface area (Å²) in [5, 5.41) is 13.4. The maximum Gasteiger partial charge on any atom is 0.252 e. The lowest BCUT2D eigenvalue weighted by molar-refractivity contribution is 0.380. The molecule has 2 aromatic rings. The second-order valence-corrected chi connectivity index (χ2v) is 6.07. The fourth-order valence-electron chi connectivity index (χ4n) is 2.67. The minimum atomic E-state index is 0. The fourth-order valence-corrected chi connectivity index (χ4v) is 2.79. The van der Waals surface area contributed by atoms with E-state index in [1.165, 1.54) is 12.0 Å². The van der Waals surface area contributed by atoms with Gasteiger partial charge in [0.1, 0.15) is 12.4 Å². The van der Waals surface area contributed by atoms with Crippen LogP contribution in [0.15, 0.2) is 35.6 Å². The first-order valence-corrected chi connectivity index (χ1v) is 8.38. The van der Waals surface area contributed by atoms with Gasteiger partial charge < -0.3 is 15.5 Å². The molecule has 2 heterocycles. The van der Waals surface area contributed by atoms with Gasteiger partial charge in [0.2, 0.25) is 0 Å². The molecule has 0 atom stereocenters. The van der Waals surface area contributed by atoms with Crippen molar-refractivity contribution in [1.29, 1.82) is 5.26 Å². The summed E-state index contributed by atoms with van der Waals surface area (Å²) < 4.78 is 1.59. The van der Waals surface area contributed by atoms with E-state index in [2.05, 4.69) is 24.9 Å². The number of hydrogen-bond acceptors (Lipinski definition) is 5. The maximum absolute atomic E-state index is 8.70. The molecule has 3 rings (SSSR count). The Labute approximate surface area is 174 Å². The summed E-state index contributed by atoms with van der Waals surface area (Å²) in [6.45, 7) is 4.44. The van der Waals surface area contributed by atoms with E-state index < -0.39 is 0 Å². The number of piperazine rings is 1. The monoisotopic (exact) mass is 486 g/mol. The molecule has 138 valence electrons. The first kappa shape index (κ1) is 20.3. The SMILES string of the molecule is I.N#Cc1ncn(CCN=C(N)N2CCN(c3ccc(Cl)cc3)CC2)n1. The number of nitriles is 1. The van der Waals surface area contributed by atoms with Crippen LogP contribution in [0.4, 0.5) is 5.69 Å². The minimum Gasteiger partial charge on any atom is -0.370 e. The topological polar surface area (TPSA) is 99.4 Å². The van der Waals surface area contributed by atoms with Gasteiger partial charge in [0, 0.05) is 36.9 Å². The quantitative estimate of drug-likeness (QED) is 0.400. The van der Waals surface area contributed by atoms with Crippen molar-refractivity contribution in [3.63, 3.8) is 0 Å². The molecule has 0 bridgehead atoms. The molecule has 10 heteroatoms. The summed E-state index contributed by atoms with van der Waals surface area (Å²) >= 11 is 5.93. The van der Waals surface area contributed by atoms with Crippen molar-refractivity contribution in [3.8, 4) is 6.07 Å². The Morgan fingerprint density at radius 2 is 1.92 bits per heavy atom. The zero-order valence-electron chi connectivity index (χ0n) is 14.1. The van der Waals surface area contributed by atoms with Crippen molar-refractivity contribution in [3.05, 3.63) is 41.4 Å². The van der Waals surface area contributed by atoms with Crippen molar-refractivity contribution >= 4 is 47.2 Å². The molecule has 0 aliphatic carbocycles. The molecule has 0 spiro atoms. The Bertz CT molecular complexity index is 774. The molecule has 2 N–H and O–H groups in total. The second kappa shape index (κ2) is 9.59. The zero-order valence-corrected chi connectivity index (χ0v) is 17.2. The lowest BCUT2D eigenvalue weighted by Crippen LogP contribution is -2.51. The van der Waals surface area contributed by atoms with E-state index in [0.717, 1.165) is 31.2 Å². The summed E-state index contributed by atoms with van der Waals surface area (Å²) in [5.74, 6) is 0.701.